The number of fused-ring (bicyclic) bond motifs is 1. The van der Waals surface area contributed by atoms with Crippen LogP contribution >= 0.6 is 11.3 Å². The summed E-state index contributed by atoms with van der Waals surface area (Å²) in [5.41, 5.74) is 2.00. The fourth-order valence-corrected chi connectivity index (χ4v) is 3.73. The van der Waals surface area contributed by atoms with Gasteiger partial charge in [0.25, 0.3) is 5.91 Å². The Bertz CT molecular complexity index is 777. The summed E-state index contributed by atoms with van der Waals surface area (Å²) < 4.78 is 6.42. The summed E-state index contributed by atoms with van der Waals surface area (Å²) in [7, 11) is 3.48. The van der Waals surface area contributed by atoms with Crippen molar-refractivity contribution < 1.29 is 9.53 Å². The number of thiophene rings is 1. The Morgan fingerprint density at radius 2 is 2.09 bits per heavy atom. The van der Waals surface area contributed by atoms with Gasteiger partial charge in [-0.1, -0.05) is 18.2 Å². The molecule has 2 heterocycles. The summed E-state index contributed by atoms with van der Waals surface area (Å²) in [6, 6.07) is 12.0. The molecule has 1 aromatic carbocycles. The maximum Gasteiger partial charge on any atom is 0.264 e. The standard InChI is InChI=1S/C17H18N2O2S/c1-19(10-12-6-5-9-18-12)17(20)16-14(11-21-2)13-7-3-4-8-15(13)22-16/h3-9,18H,10-11H2,1-2H3. The van der Waals surface area contributed by atoms with Crippen molar-refractivity contribution in [3.63, 3.8) is 0 Å². The zero-order chi connectivity index (χ0) is 15.5. The Morgan fingerprint density at radius 1 is 1.27 bits per heavy atom. The van der Waals surface area contributed by atoms with Gasteiger partial charge in [-0.15, -0.1) is 11.3 Å². The van der Waals surface area contributed by atoms with Crippen molar-refractivity contribution in [3.05, 3.63) is 58.7 Å². The molecule has 0 fully saturated rings. The van der Waals surface area contributed by atoms with Gasteiger partial charge in [-0.05, 0) is 23.6 Å². The molecule has 3 aromatic rings. The molecule has 2 aromatic heterocycles. The number of methoxy groups -OCH3 is 1. The Hall–Kier alpha value is -2.11. The molecule has 5 heteroatoms. The highest BCUT2D eigenvalue weighted by atomic mass is 32.1. The number of nitrogens with zero attached hydrogens (tertiary/aromatic N) is 1. The number of hydrogen-bond acceptors (Lipinski definition) is 3. The summed E-state index contributed by atoms with van der Waals surface area (Å²) in [5.74, 6) is 0.0304. The van der Waals surface area contributed by atoms with Crippen LogP contribution in [0.3, 0.4) is 0 Å². The first-order chi connectivity index (χ1) is 10.7. The Labute approximate surface area is 133 Å². The predicted molar refractivity (Wildman–Crippen MR) is 89.1 cm³/mol. The third-order valence-corrected chi connectivity index (χ3v) is 4.80. The Morgan fingerprint density at radius 3 is 2.82 bits per heavy atom. The minimum absolute atomic E-state index is 0.0304. The average molecular weight is 314 g/mol. The molecule has 0 atom stereocenters. The maximum atomic E-state index is 12.8. The van der Waals surface area contributed by atoms with E-state index in [4.69, 9.17) is 4.74 Å². The highest BCUT2D eigenvalue weighted by Crippen LogP contribution is 2.32. The molecule has 114 valence electrons. The van der Waals surface area contributed by atoms with Crippen LogP contribution in [0.5, 0.6) is 0 Å². The number of amides is 1. The lowest BCUT2D eigenvalue weighted by atomic mass is 10.1. The van der Waals surface area contributed by atoms with Crippen molar-refractivity contribution in [3.8, 4) is 0 Å². The normalized spacial score (nSPS) is 11.0. The Kier molecular flexibility index (Phi) is 4.27. The van der Waals surface area contributed by atoms with Gasteiger partial charge in [0.2, 0.25) is 0 Å². The fraction of sp³-hybridized carbons (Fsp3) is 0.235. The summed E-state index contributed by atoms with van der Waals surface area (Å²) in [4.78, 5) is 18.4. The van der Waals surface area contributed by atoms with Crippen LogP contribution in [0.25, 0.3) is 10.1 Å². The molecule has 0 aliphatic heterocycles. The maximum absolute atomic E-state index is 12.8. The van der Waals surface area contributed by atoms with Crippen molar-refractivity contribution in [1.82, 2.24) is 9.88 Å². The highest BCUT2D eigenvalue weighted by molar-refractivity contribution is 7.21. The van der Waals surface area contributed by atoms with Gasteiger partial charge in [0.15, 0.2) is 0 Å². The molecule has 3 rings (SSSR count). The first-order valence-electron chi connectivity index (χ1n) is 7.07. The molecule has 22 heavy (non-hydrogen) atoms. The average Bonchev–Trinajstić information content (AvgIpc) is 3.15. The smallest absolute Gasteiger partial charge is 0.264 e. The largest absolute Gasteiger partial charge is 0.380 e. The van der Waals surface area contributed by atoms with Crippen molar-refractivity contribution in [2.24, 2.45) is 0 Å². The minimum Gasteiger partial charge on any atom is -0.380 e. The Balaban J connectivity index is 1.94. The molecular weight excluding hydrogens is 296 g/mol. The van der Waals surface area contributed by atoms with E-state index in [-0.39, 0.29) is 5.91 Å². The molecule has 0 saturated heterocycles. The second-order valence-electron chi connectivity index (χ2n) is 5.20. The number of rotatable bonds is 5. The number of benzene rings is 1. The van der Waals surface area contributed by atoms with Gasteiger partial charge >= 0.3 is 0 Å². The number of nitrogens with one attached hydrogen (secondary N) is 1. The number of carbonyl (C=O) groups is 1. The van der Waals surface area contributed by atoms with E-state index < -0.39 is 0 Å². The first-order valence-corrected chi connectivity index (χ1v) is 7.89. The zero-order valence-corrected chi connectivity index (χ0v) is 13.4. The third kappa shape index (κ3) is 2.77. The van der Waals surface area contributed by atoms with E-state index in [1.165, 1.54) is 11.3 Å². The second kappa shape index (κ2) is 6.34. The van der Waals surface area contributed by atoms with E-state index in [2.05, 4.69) is 4.98 Å². The molecule has 0 spiro atoms. The van der Waals surface area contributed by atoms with Crippen molar-refractivity contribution in [1.29, 1.82) is 0 Å². The van der Waals surface area contributed by atoms with Gasteiger partial charge in [0.1, 0.15) is 0 Å². The minimum atomic E-state index is 0.0304. The van der Waals surface area contributed by atoms with E-state index in [1.807, 2.05) is 49.6 Å². The van der Waals surface area contributed by atoms with Gasteiger partial charge < -0.3 is 14.6 Å². The first kappa shape index (κ1) is 14.8. The molecule has 0 radical (unpaired) electrons. The lowest BCUT2D eigenvalue weighted by Crippen LogP contribution is -2.26. The molecule has 4 nitrogen and oxygen atoms in total. The number of carbonyl (C=O) groups excluding carboxylic acids is 1. The number of ether oxygens (including phenoxy) is 1. The topological polar surface area (TPSA) is 45.3 Å². The van der Waals surface area contributed by atoms with E-state index in [9.17, 15) is 4.79 Å². The monoisotopic (exact) mass is 314 g/mol. The molecule has 1 N–H and O–H groups in total. The van der Waals surface area contributed by atoms with E-state index in [0.29, 0.717) is 13.2 Å². The molecule has 0 bridgehead atoms. The lowest BCUT2D eigenvalue weighted by Gasteiger charge is -2.16. The quantitative estimate of drug-likeness (QED) is 0.781. The van der Waals surface area contributed by atoms with Crippen LogP contribution in [-0.4, -0.2) is 29.9 Å². The highest BCUT2D eigenvalue weighted by Gasteiger charge is 2.21. The van der Waals surface area contributed by atoms with Gasteiger partial charge in [0.05, 0.1) is 18.0 Å². The molecular formula is C17H18N2O2S. The molecule has 1 amide bonds. The summed E-state index contributed by atoms with van der Waals surface area (Å²) >= 11 is 1.53. The molecule has 0 aliphatic rings. The van der Waals surface area contributed by atoms with Crippen molar-refractivity contribution in [2.75, 3.05) is 14.2 Å². The predicted octanol–water partition coefficient (Wildman–Crippen LogP) is 3.65. The van der Waals surface area contributed by atoms with Gasteiger partial charge in [-0.3, -0.25) is 4.79 Å². The van der Waals surface area contributed by atoms with Gasteiger partial charge in [0, 0.05) is 36.3 Å². The van der Waals surface area contributed by atoms with Crippen molar-refractivity contribution in [2.45, 2.75) is 13.2 Å². The molecule has 0 aliphatic carbocycles. The van der Waals surface area contributed by atoms with Crippen LogP contribution in [0.1, 0.15) is 20.9 Å². The summed E-state index contributed by atoms with van der Waals surface area (Å²) in [6.45, 7) is 1.01. The molecule has 0 unspecified atom stereocenters. The number of aromatic amines is 1. The number of hydrogen-bond donors (Lipinski definition) is 1. The molecule has 0 saturated carbocycles. The van der Waals surface area contributed by atoms with Crippen molar-refractivity contribution >= 4 is 27.3 Å². The fourth-order valence-electron chi connectivity index (χ4n) is 2.53. The van der Waals surface area contributed by atoms with E-state index >= 15 is 0 Å². The van der Waals surface area contributed by atoms with Gasteiger partial charge in [-0.2, -0.15) is 0 Å². The number of H-pyrrole nitrogens is 1. The second-order valence-corrected chi connectivity index (χ2v) is 6.25. The van der Waals surface area contributed by atoms with Crippen LogP contribution in [-0.2, 0) is 17.9 Å². The van der Waals surface area contributed by atoms with Crippen LogP contribution in [0, 0.1) is 0 Å². The summed E-state index contributed by atoms with van der Waals surface area (Å²) in [6.07, 6.45) is 1.86. The van der Waals surface area contributed by atoms with Crippen LogP contribution in [0.2, 0.25) is 0 Å². The lowest BCUT2D eigenvalue weighted by molar-refractivity contribution is 0.0784. The SMILES string of the molecule is COCc1c(C(=O)N(C)Cc2ccc[nH]2)sc2ccccc12. The number of aromatic nitrogens is 1. The van der Waals surface area contributed by atoms with E-state index in [0.717, 1.165) is 26.2 Å². The van der Waals surface area contributed by atoms with Gasteiger partial charge in [-0.25, -0.2) is 0 Å². The zero-order valence-electron chi connectivity index (χ0n) is 12.6. The van der Waals surface area contributed by atoms with E-state index in [1.54, 1.807) is 12.0 Å². The van der Waals surface area contributed by atoms with Crippen LogP contribution in [0.4, 0.5) is 0 Å². The third-order valence-electron chi connectivity index (χ3n) is 3.60. The van der Waals surface area contributed by atoms with Crippen LogP contribution in [0.15, 0.2) is 42.6 Å². The van der Waals surface area contributed by atoms with Crippen LogP contribution < -0.4 is 0 Å². The summed E-state index contributed by atoms with van der Waals surface area (Å²) in [5, 5.41) is 1.10.